The summed E-state index contributed by atoms with van der Waals surface area (Å²) in [4.78, 5) is 22.8. The van der Waals surface area contributed by atoms with Crippen LogP contribution in [0.15, 0.2) is 18.2 Å². The molecule has 1 saturated heterocycles. The van der Waals surface area contributed by atoms with E-state index in [2.05, 4.69) is 10.6 Å². The van der Waals surface area contributed by atoms with Gasteiger partial charge in [-0.15, -0.1) is 0 Å². The molecule has 0 spiro atoms. The van der Waals surface area contributed by atoms with Crippen LogP contribution in [-0.2, 0) is 4.74 Å². The first-order chi connectivity index (χ1) is 9.99. The zero-order chi connectivity index (χ0) is 15.4. The van der Waals surface area contributed by atoms with Crippen LogP contribution in [0.1, 0.15) is 30.1 Å². The van der Waals surface area contributed by atoms with Gasteiger partial charge in [0.1, 0.15) is 5.56 Å². The number of amides is 2. The molecule has 1 fully saturated rings. The summed E-state index contributed by atoms with van der Waals surface area (Å²) in [5.74, 6) is -1.73. The normalized spacial score (nSPS) is 19.0. The van der Waals surface area contributed by atoms with Crippen LogP contribution in [0, 0.1) is 0 Å². The highest BCUT2D eigenvalue weighted by Gasteiger charge is 2.24. The predicted octanol–water partition coefficient (Wildman–Crippen LogP) is 1.78. The number of hydrogen-bond acceptors (Lipinski definition) is 4. The third-order valence-corrected chi connectivity index (χ3v) is 3.40. The number of hydrogen-bond donors (Lipinski definition) is 4. The number of urea groups is 1. The fourth-order valence-corrected chi connectivity index (χ4v) is 2.27. The fraction of sp³-hybridized carbons (Fsp3) is 0.429. The number of carboxylic acids is 1. The summed E-state index contributed by atoms with van der Waals surface area (Å²) in [6, 6.07) is 3.45. The van der Waals surface area contributed by atoms with E-state index < -0.39 is 17.7 Å². The Morgan fingerprint density at radius 3 is 2.81 bits per heavy atom. The first-order valence-corrected chi connectivity index (χ1v) is 6.73. The van der Waals surface area contributed by atoms with Crippen LogP contribution in [-0.4, -0.2) is 41.0 Å². The van der Waals surface area contributed by atoms with Crippen molar-refractivity contribution in [3.05, 3.63) is 23.8 Å². The number of benzene rings is 1. The summed E-state index contributed by atoms with van der Waals surface area (Å²) >= 11 is 0. The number of ether oxygens (including phenoxy) is 1. The Morgan fingerprint density at radius 1 is 1.43 bits per heavy atom. The molecule has 0 bridgehead atoms. The van der Waals surface area contributed by atoms with Gasteiger partial charge >= 0.3 is 12.0 Å². The van der Waals surface area contributed by atoms with Crippen molar-refractivity contribution in [2.75, 3.05) is 11.9 Å². The van der Waals surface area contributed by atoms with Gasteiger partial charge in [-0.3, -0.25) is 0 Å². The maximum Gasteiger partial charge on any atom is 0.339 e. The number of aromatic carboxylic acids is 1. The van der Waals surface area contributed by atoms with Crippen molar-refractivity contribution in [3.8, 4) is 5.75 Å². The van der Waals surface area contributed by atoms with E-state index >= 15 is 0 Å². The van der Waals surface area contributed by atoms with Crippen molar-refractivity contribution in [2.24, 2.45) is 0 Å². The summed E-state index contributed by atoms with van der Waals surface area (Å²) in [6.07, 6.45) is 1.84. The van der Waals surface area contributed by atoms with Crippen LogP contribution in [0.2, 0.25) is 0 Å². The Balaban J connectivity index is 1.99. The van der Waals surface area contributed by atoms with Gasteiger partial charge in [0.25, 0.3) is 0 Å². The van der Waals surface area contributed by atoms with E-state index in [1.165, 1.54) is 18.2 Å². The van der Waals surface area contributed by atoms with E-state index in [1.807, 2.05) is 6.92 Å². The van der Waals surface area contributed by atoms with Crippen molar-refractivity contribution < 1.29 is 24.5 Å². The lowest BCUT2D eigenvalue weighted by molar-refractivity contribution is 0.0693. The third-order valence-electron chi connectivity index (χ3n) is 3.40. The molecule has 7 nitrogen and oxygen atoms in total. The molecule has 0 aliphatic carbocycles. The molecule has 1 aromatic rings. The first kappa shape index (κ1) is 15.1. The second-order valence-corrected chi connectivity index (χ2v) is 4.95. The lowest BCUT2D eigenvalue weighted by atomic mass is 10.1. The summed E-state index contributed by atoms with van der Waals surface area (Å²) < 4.78 is 5.47. The van der Waals surface area contributed by atoms with Gasteiger partial charge in [-0.1, -0.05) is 6.07 Å². The molecule has 21 heavy (non-hydrogen) atoms. The molecule has 1 aromatic carbocycles. The van der Waals surface area contributed by atoms with Gasteiger partial charge in [0.2, 0.25) is 0 Å². The summed E-state index contributed by atoms with van der Waals surface area (Å²) in [5.41, 5.74) is -0.216. The molecule has 0 aromatic heterocycles. The monoisotopic (exact) mass is 294 g/mol. The molecule has 1 aliphatic heterocycles. The molecule has 2 amide bonds. The van der Waals surface area contributed by atoms with E-state index in [0.29, 0.717) is 6.61 Å². The average Bonchev–Trinajstić information content (AvgIpc) is 2.94. The Bertz CT molecular complexity index is 540. The van der Waals surface area contributed by atoms with Crippen molar-refractivity contribution in [2.45, 2.75) is 31.9 Å². The third kappa shape index (κ3) is 3.63. The molecular weight excluding hydrogens is 276 g/mol. The lowest BCUT2D eigenvalue weighted by Crippen LogP contribution is -2.43. The lowest BCUT2D eigenvalue weighted by Gasteiger charge is -2.20. The number of carbonyl (C=O) groups is 2. The van der Waals surface area contributed by atoms with Gasteiger partial charge in [0, 0.05) is 6.61 Å². The highest BCUT2D eigenvalue weighted by molar-refractivity contribution is 5.97. The zero-order valence-corrected chi connectivity index (χ0v) is 11.6. The molecule has 2 rings (SSSR count). The number of anilines is 1. The summed E-state index contributed by atoms with van der Waals surface area (Å²) in [7, 11) is 0. The molecule has 0 radical (unpaired) electrons. The Labute approximate surface area is 121 Å². The molecule has 7 heteroatoms. The maximum atomic E-state index is 11.9. The average molecular weight is 294 g/mol. The van der Waals surface area contributed by atoms with Crippen molar-refractivity contribution in [1.82, 2.24) is 5.32 Å². The van der Waals surface area contributed by atoms with Crippen molar-refractivity contribution in [3.63, 3.8) is 0 Å². The summed E-state index contributed by atoms with van der Waals surface area (Å²) in [5, 5.41) is 23.9. The SMILES string of the molecule is CC(NC(=O)Nc1cccc(C(=O)O)c1O)C1CCCO1. The van der Waals surface area contributed by atoms with Crippen LogP contribution in [0.4, 0.5) is 10.5 Å². The molecule has 114 valence electrons. The number of carboxylic acid groups (broad SMARTS) is 1. The molecule has 1 aliphatic rings. The van der Waals surface area contributed by atoms with Gasteiger partial charge in [-0.2, -0.15) is 0 Å². The second kappa shape index (κ2) is 6.45. The Kier molecular flexibility index (Phi) is 4.64. The quantitative estimate of drug-likeness (QED) is 0.633. The van der Waals surface area contributed by atoms with Crippen LogP contribution >= 0.6 is 0 Å². The van der Waals surface area contributed by atoms with E-state index in [0.717, 1.165) is 12.8 Å². The highest BCUT2D eigenvalue weighted by Crippen LogP contribution is 2.27. The topological polar surface area (TPSA) is 108 Å². The zero-order valence-electron chi connectivity index (χ0n) is 11.6. The van der Waals surface area contributed by atoms with Crippen LogP contribution in [0.5, 0.6) is 5.75 Å². The van der Waals surface area contributed by atoms with Crippen molar-refractivity contribution in [1.29, 1.82) is 0 Å². The largest absolute Gasteiger partial charge is 0.505 e. The second-order valence-electron chi connectivity index (χ2n) is 4.95. The number of aromatic hydroxyl groups is 1. The molecule has 0 saturated carbocycles. The number of para-hydroxylation sites is 1. The molecule has 2 atom stereocenters. The molecule has 1 heterocycles. The van der Waals surface area contributed by atoms with Crippen molar-refractivity contribution >= 4 is 17.7 Å². The smallest absolute Gasteiger partial charge is 0.339 e. The van der Waals surface area contributed by atoms with Gasteiger partial charge in [-0.05, 0) is 31.9 Å². The first-order valence-electron chi connectivity index (χ1n) is 6.73. The fourth-order valence-electron chi connectivity index (χ4n) is 2.27. The summed E-state index contributed by atoms with van der Waals surface area (Å²) in [6.45, 7) is 2.53. The van der Waals surface area contributed by atoms with Gasteiger partial charge in [-0.25, -0.2) is 9.59 Å². The Morgan fingerprint density at radius 2 is 2.19 bits per heavy atom. The highest BCUT2D eigenvalue weighted by atomic mass is 16.5. The van der Waals surface area contributed by atoms with Gasteiger partial charge in [0.15, 0.2) is 5.75 Å². The number of nitrogens with one attached hydrogen (secondary N) is 2. The molecule has 2 unspecified atom stereocenters. The van der Waals surface area contributed by atoms with Gasteiger partial charge < -0.3 is 25.6 Å². The minimum Gasteiger partial charge on any atom is -0.505 e. The molecule has 4 N–H and O–H groups in total. The van der Waals surface area contributed by atoms with Crippen LogP contribution in [0.25, 0.3) is 0 Å². The van der Waals surface area contributed by atoms with Crippen LogP contribution < -0.4 is 10.6 Å². The minimum absolute atomic E-state index is 0.0188. The van der Waals surface area contributed by atoms with E-state index in [1.54, 1.807) is 0 Å². The van der Waals surface area contributed by atoms with E-state index in [9.17, 15) is 14.7 Å². The van der Waals surface area contributed by atoms with E-state index in [4.69, 9.17) is 9.84 Å². The number of rotatable bonds is 4. The molecular formula is C14H18N2O5. The minimum atomic E-state index is -1.26. The van der Waals surface area contributed by atoms with Gasteiger partial charge in [0.05, 0.1) is 17.8 Å². The standard InChI is InChI=1S/C14H18N2O5/c1-8(11-6-3-7-21-11)15-14(20)16-10-5-2-4-9(12(10)17)13(18)19/h2,4-5,8,11,17H,3,6-7H2,1H3,(H,18,19)(H2,15,16,20). The Hall–Kier alpha value is -2.28. The number of phenols is 1. The van der Waals surface area contributed by atoms with E-state index in [-0.39, 0.29) is 23.4 Å². The predicted molar refractivity (Wildman–Crippen MR) is 75.7 cm³/mol. The number of carbonyl (C=O) groups excluding carboxylic acids is 1. The van der Waals surface area contributed by atoms with Crippen LogP contribution in [0.3, 0.4) is 0 Å². The maximum absolute atomic E-state index is 11.9.